The molecular formula is C8H8ClN4O-. The van der Waals surface area contributed by atoms with E-state index in [0.717, 1.165) is 5.52 Å². The van der Waals surface area contributed by atoms with Crippen LogP contribution in [-0.4, -0.2) is 10.9 Å². The van der Waals surface area contributed by atoms with Crippen molar-refractivity contribution in [3.8, 4) is 0 Å². The van der Waals surface area contributed by atoms with E-state index in [4.69, 9.17) is 15.9 Å². The van der Waals surface area contributed by atoms with Gasteiger partial charge in [0, 0.05) is 0 Å². The van der Waals surface area contributed by atoms with Gasteiger partial charge in [-0.15, -0.1) is 0 Å². The standard InChI is InChI=1S/C8H8N4O.ClH/c9-7(10)12-8-11-5-3-1-2-4-6(5)13-8;/h1-4H,(H4,9,10,11,12);1H/p-1. The van der Waals surface area contributed by atoms with Gasteiger partial charge in [0.25, 0.3) is 0 Å². The average molecular weight is 212 g/mol. The molecule has 1 aromatic heterocycles. The number of hydrogen-bond donors (Lipinski definition) is 2. The van der Waals surface area contributed by atoms with Crippen LogP contribution in [0.5, 0.6) is 0 Å². The molecule has 0 aliphatic rings. The molecule has 0 bridgehead atoms. The highest BCUT2D eigenvalue weighted by Crippen LogP contribution is 2.19. The summed E-state index contributed by atoms with van der Waals surface area (Å²) in [6, 6.07) is 7.52. The second-order valence-corrected chi connectivity index (χ2v) is 2.50. The Morgan fingerprint density at radius 2 is 2.00 bits per heavy atom. The monoisotopic (exact) mass is 211 g/mol. The first-order valence-corrected chi connectivity index (χ1v) is 3.71. The van der Waals surface area contributed by atoms with Gasteiger partial charge < -0.3 is 28.3 Å². The first-order chi connectivity index (χ1) is 6.25. The quantitative estimate of drug-likeness (QED) is 0.411. The van der Waals surface area contributed by atoms with Crippen molar-refractivity contribution in [2.75, 3.05) is 0 Å². The predicted molar refractivity (Wildman–Crippen MR) is 49.5 cm³/mol. The van der Waals surface area contributed by atoms with Gasteiger partial charge in [-0.3, -0.25) is 0 Å². The van der Waals surface area contributed by atoms with Gasteiger partial charge in [0.05, 0.1) is 0 Å². The summed E-state index contributed by atoms with van der Waals surface area (Å²) < 4.78 is 5.22. The Kier molecular flexibility index (Phi) is 2.93. The van der Waals surface area contributed by atoms with Crippen molar-refractivity contribution in [2.45, 2.75) is 0 Å². The van der Waals surface area contributed by atoms with Gasteiger partial charge in [0.2, 0.25) is 0 Å². The minimum Gasteiger partial charge on any atom is -1.00 e. The molecule has 0 atom stereocenters. The number of hydrogen-bond acceptors (Lipinski definition) is 3. The number of halogens is 1. The van der Waals surface area contributed by atoms with E-state index in [2.05, 4.69) is 9.98 Å². The lowest BCUT2D eigenvalue weighted by molar-refractivity contribution is -0.00000371. The Morgan fingerprint density at radius 3 is 2.64 bits per heavy atom. The summed E-state index contributed by atoms with van der Waals surface area (Å²) in [6.07, 6.45) is 0. The second kappa shape index (κ2) is 3.97. The second-order valence-electron chi connectivity index (χ2n) is 2.50. The van der Waals surface area contributed by atoms with Gasteiger partial charge in [-0.2, -0.15) is 9.98 Å². The fourth-order valence-electron chi connectivity index (χ4n) is 1.02. The van der Waals surface area contributed by atoms with Gasteiger partial charge in [-0.25, -0.2) is 0 Å². The van der Waals surface area contributed by atoms with Gasteiger partial charge in [0.15, 0.2) is 11.5 Å². The van der Waals surface area contributed by atoms with Crippen LogP contribution in [0.1, 0.15) is 0 Å². The number of guanidine groups is 1. The molecule has 6 heteroatoms. The summed E-state index contributed by atoms with van der Waals surface area (Å²) in [5.74, 6) is -0.0634. The molecule has 2 aromatic rings. The summed E-state index contributed by atoms with van der Waals surface area (Å²) in [7, 11) is 0. The van der Waals surface area contributed by atoms with E-state index in [-0.39, 0.29) is 24.4 Å². The molecule has 0 saturated carbocycles. The minimum atomic E-state index is -0.0634. The van der Waals surface area contributed by atoms with Crippen LogP contribution in [0.25, 0.3) is 11.1 Å². The third-order valence-corrected chi connectivity index (χ3v) is 1.51. The molecule has 2 rings (SSSR count). The molecule has 0 amide bonds. The van der Waals surface area contributed by atoms with Crippen molar-refractivity contribution in [1.29, 1.82) is 0 Å². The molecule has 14 heavy (non-hydrogen) atoms. The number of para-hydroxylation sites is 2. The van der Waals surface area contributed by atoms with Crippen LogP contribution < -0.4 is 23.9 Å². The smallest absolute Gasteiger partial charge is 0.325 e. The van der Waals surface area contributed by atoms with Crippen molar-refractivity contribution in [1.82, 2.24) is 4.98 Å². The summed E-state index contributed by atoms with van der Waals surface area (Å²) >= 11 is 0. The lowest BCUT2D eigenvalue weighted by Gasteiger charge is -1.84. The molecule has 0 fully saturated rings. The molecular weight excluding hydrogens is 204 g/mol. The summed E-state index contributed by atoms with van der Waals surface area (Å²) in [5.41, 5.74) is 11.8. The summed E-state index contributed by atoms with van der Waals surface area (Å²) in [6.45, 7) is 0. The number of benzene rings is 1. The predicted octanol–water partition coefficient (Wildman–Crippen LogP) is -2.26. The number of nitrogens with two attached hydrogens (primary N) is 2. The number of rotatable bonds is 1. The molecule has 0 radical (unpaired) electrons. The van der Waals surface area contributed by atoms with E-state index in [0.29, 0.717) is 5.58 Å². The number of fused-ring (bicyclic) bond motifs is 1. The number of oxazole rings is 1. The molecule has 0 saturated heterocycles. The zero-order valence-electron chi connectivity index (χ0n) is 7.14. The van der Waals surface area contributed by atoms with Crippen molar-refractivity contribution in [3.05, 3.63) is 24.3 Å². The van der Waals surface area contributed by atoms with Crippen LogP contribution in [0.4, 0.5) is 6.01 Å². The fourth-order valence-corrected chi connectivity index (χ4v) is 1.02. The summed E-state index contributed by atoms with van der Waals surface area (Å²) in [4.78, 5) is 7.73. The lowest BCUT2D eigenvalue weighted by Crippen LogP contribution is -3.00. The first-order valence-electron chi connectivity index (χ1n) is 3.71. The first kappa shape index (κ1) is 10.3. The Hall–Kier alpha value is -1.75. The van der Waals surface area contributed by atoms with Crippen LogP contribution >= 0.6 is 0 Å². The van der Waals surface area contributed by atoms with Crippen molar-refractivity contribution >= 4 is 23.1 Å². The highest BCUT2D eigenvalue weighted by molar-refractivity contribution is 5.79. The van der Waals surface area contributed by atoms with Crippen LogP contribution in [0, 0.1) is 0 Å². The van der Waals surface area contributed by atoms with Gasteiger partial charge in [-0.05, 0) is 12.1 Å². The fraction of sp³-hybridized carbons (Fsp3) is 0. The van der Waals surface area contributed by atoms with Gasteiger partial charge >= 0.3 is 6.01 Å². The van der Waals surface area contributed by atoms with Crippen molar-refractivity contribution in [3.63, 3.8) is 0 Å². The van der Waals surface area contributed by atoms with Gasteiger partial charge in [0.1, 0.15) is 5.52 Å². The molecule has 4 N–H and O–H groups in total. The third-order valence-electron chi connectivity index (χ3n) is 1.51. The number of nitrogens with zero attached hydrogens (tertiary/aromatic N) is 2. The number of aromatic nitrogens is 1. The highest BCUT2D eigenvalue weighted by atomic mass is 35.5. The average Bonchev–Trinajstić information content (AvgIpc) is 2.44. The molecule has 1 heterocycles. The van der Waals surface area contributed by atoms with Gasteiger partial charge in [-0.1, -0.05) is 12.1 Å². The van der Waals surface area contributed by atoms with E-state index in [9.17, 15) is 0 Å². The Balaban J connectivity index is 0.000000980. The van der Waals surface area contributed by atoms with Crippen LogP contribution in [0.2, 0.25) is 0 Å². The van der Waals surface area contributed by atoms with Crippen molar-refractivity contribution < 1.29 is 16.8 Å². The topological polar surface area (TPSA) is 90.4 Å². The summed E-state index contributed by atoms with van der Waals surface area (Å²) in [5, 5.41) is 0. The SMILES string of the molecule is NC(N)=Nc1nc2ccccc2o1.[Cl-]. The van der Waals surface area contributed by atoms with Crippen LogP contribution in [0.15, 0.2) is 33.7 Å². The molecule has 0 aliphatic heterocycles. The number of aliphatic imine (C=N–C) groups is 1. The Morgan fingerprint density at radius 1 is 1.29 bits per heavy atom. The van der Waals surface area contributed by atoms with E-state index < -0.39 is 0 Å². The lowest BCUT2D eigenvalue weighted by atomic mass is 10.3. The normalized spacial score (nSPS) is 9.43. The third kappa shape index (κ3) is 1.94. The zero-order chi connectivity index (χ0) is 9.26. The van der Waals surface area contributed by atoms with Crippen LogP contribution in [-0.2, 0) is 0 Å². The van der Waals surface area contributed by atoms with Crippen molar-refractivity contribution in [2.24, 2.45) is 16.5 Å². The molecule has 1 aromatic carbocycles. The largest absolute Gasteiger partial charge is 1.00 e. The maximum atomic E-state index is 5.22. The van der Waals surface area contributed by atoms with Crippen LogP contribution in [0.3, 0.4) is 0 Å². The van der Waals surface area contributed by atoms with E-state index in [1.54, 1.807) is 6.07 Å². The Labute approximate surface area is 86.2 Å². The molecule has 5 nitrogen and oxygen atoms in total. The van der Waals surface area contributed by atoms with E-state index in [1.165, 1.54) is 0 Å². The highest BCUT2D eigenvalue weighted by Gasteiger charge is 2.02. The molecule has 74 valence electrons. The molecule has 0 aliphatic carbocycles. The maximum Gasteiger partial charge on any atom is 0.325 e. The molecule has 0 spiro atoms. The Bertz CT molecular complexity index is 428. The minimum absolute atomic E-state index is 0. The maximum absolute atomic E-state index is 5.22. The molecule has 0 unspecified atom stereocenters. The van der Waals surface area contributed by atoms with E-state index >= 15 is 0 Å². The zero-order valence-corrected chi connectivity index (χ0v) is 7.90. The van der Waals surface area contributed by atoms with E-state index in [1.807, 2.05) is 18.2 Å².